The van der Waals surface area contributed by atoms with Crippen LogP contribution in [0.1, 0.15) is 19.8 Å². The molecule has 22 heavy (non-hydrogen) atoms. The van der Waals surface area contributed by atoms with Crippen LogP contribution < -0.4 is 5.73 Å². The van der Waals surface area contributed by atoms with Gasteiger partial charge < -0.3 is 5.73 Å². The number of piperidine rings is 1. The van der Waals surface area contributed by atoms with E-state index in [1.54, 1.807) is 0 Å². The Hall–Kier alpha value is -1.22. The SMILES string of the molecule is CC1CCCN(S(=O)(=O)c2ccc(Cl)cc2[N+](=O)[O-])C1CN. The van der Waals surface area contributed by atoms with Gasteiger partial charge in [-0.15, -0.1) is 0 Å². The quantitative estimate of drug-likeness (QED) is 0.662. The Kier molecular flexibility index (Phi) is 5.06. The molecule has 0 saturated carbocycles. The largest absolute Gasteiger partial charge is 0.329 e. The van der Waals surface area contributed by atoms with E-state index in [0.29, 0.717) is 13.0 Å². The van der Waals surface area contributed by atoms with Crippen molar-refractivity contribution in [1.82, 2.24) is 4.31 Å². The van der Waals surface area contributed by atoms with Gasteiger partial charge in [0.25, 0.3) is 5.69 Å². The second-order valence-electron chi connectivity index (χ2n) is 5.41. The molecule has 1 aromatic carbocycles. The number of nitro groups is 1. The van der Waals surface area contributed by atoms with Crippen molar-refractivity contribution in [3.63, 3.8) is 0 Å². The minimum absolute atomic E-state index is 0.111. The van der Waals surface area contributed by atoms with E-state index in [4.69, 9.17) is 17.3 Å². The third kappa shape index (κ3) is 3.10. The lowest BCUT2D eigenvalue weighted by Crippen LogP contribution is -2.51. The zero-order valence-electron chi connectivity index (χ0n) is 12.1. The third-order valence-corrected chi connectivity index (χ3v) is 6.22. The molecule has 2 unspecified atom stereocenters. The van der Waals surface area contributed by atoms with E-state index >= 15 is 0 Å². The number of nitro benzene ring substituents is 1. The van der Waals surface area contributed by atoms with Crippen LogP contribution >= 0.6 is 11.6 Å². The maximum Gasteiger partial charge on any atom is 0.290 e. The van der Waals surface area contributed by atoms with Crippen LogP contribution in [0, 0.1) is 16.0 Å². The smallest absolute Gasteiger partial charge is 0.290 e. The molecule has 9 heteroatoms. The molecule has 1 saturated heterocycles. The fraction of sp³-hybridized carbons (Fsp3) is 0.538. The first-order valence-corrected chi connectivity index (χ1v) is 8.76. The molecule has 0 aliphatic carbocycles. The predicted octanol–water partition coefficient (Wildman–Crippen LogP) is 2.00. The monoisotopic (exact) mass is 347 g/mol. The minimum atomic E-state index is -4.00. The highest BCUT2D eigenvalue weighted by Crippen LogP contribution is 2.33. The molecule has 0 spiro atoms. The molecule has 122 valence electrons. The van der Waals surface area contributed by atoms with Crippen molar-refractivity contribution in [2.45, 2.75) is 30.7 Å². The number of sulfonamides is 1. The highest BCUT2D eigenvalue weighted by atomic mass is 35.5. The highest BCUT2D eigenvalue weighted by molar-refractivity contribution is 7.89. The number of hydrogen-bond donors (Lipinski definition) is 1. The molecule has 1 fully saturated rings. The van der Waals surface area contributed by atoms with Gasteiger partial charge in [0, 0.05) is 30.2 Å². The van der Waals surface area contributed by atoms with E-state index in [2.05, 4.69) is 0 Å². The van der Waals surface area contributed by atoms with Crippen molar-refractivity contribution in [3.8, 4) is 0 Å². The number of rotatable bonds is 4. The van der Waals surface area contributed by atoms with Gasteiger partial charge in [-0.2, -0.15) is 4.31 Å². The lowest BCUT2D eigenvalue weighted by atomic mass is 9.93. The molecular formula is C13H18ClN3O4S. The number of nitrogens with two attached hydrogens (primary N) is 1. The first-order valence-electron chi connectivity index (χ1n) is 6.95. The summed E-state index contributed by atoms with van der Waals surface area (Å²) in [7, 11) is -4.00. The van der Waals surface area contributed by atoms with Gasteiger partial charge >= 0.3 is 0 Å². The van der Waals surface area contributed by atoms with Crippen molar-refractivity contribution in [3.05, 3.63) is 33.3 Å². The molecule has 2 atom stereocenters. The van der Waals surface area contributed by atoms with Gasteiger partial charge in [0.15, 0.2) is 4.90 Å². The van der Waals surface area contributed by atoms with Gasteiger partial charge in [-0.25, -0.2) is 8.42 Å². The van der Waals surface area contributed by atoms with Gasteiger partial charge in [0.1, 0.15) is 0 Å². The topological polar surface area (TPSA) is 107 Å². The first kappa shape index (κ1) is 17.1. The van der Waals surface area contributed by atoms with Crippen molar-refractivity contribution < 1.29 is 13.3 Å². The number of halogens is 1. The van der Waals surface area contributed by atoms with Gasteiger partial charge in [-0.1, -0.05) is 18.5 Å². The van der Waals surface area contributed by atoms with Crippen molar-refractivity contribution >= 4 is 27.3 Å². The first-order chi connectivity index (χ1) is 10.3. The number of nitrogens with zero attached hydrogens (tertiary/aromatic N) is 2. The Balaban J connectivity index is 2.53. The molecule has 0 amide bonds. The standard InChI is InChI=1S/C13H18ClN3O4S/c1-9-3-2-6-16(12(9)8-15)22(20,21)13-5-4-10(14)7-11(13)17(18)19/h4-5,7,9,12H,2-3,6,8,15H2,1H3. The Morgan fingerprint density at radius 3 is 2.77 bits per heavy atom. The molecule has 2 rings (SSSR count). The van der Waals surface area contributed by atoms with E-state index in [0.717, 1.165) is 12.5 Å². The summed E-state index contributed by atoms with van der Waals surface area (Å²) in [5.74, 6) is 0.111. The fourth-order valence-electron chi connectivity index (χ4n) is 2.84. The third-order valence-electron chi connectivity index (χ3n) is 4.01. The molecule has 1 aliphatic heterocycles. The number of benzene rings is 1. The number of hydrogen-bond acceptors (Lipinski definition) is 5. The zero-order chi connectivity index (χ0) is 16.5. The van der Waals surface area contributed by atoms with Crippen LogP contribution in [-0.2, 0) is 10.0 Å². The van der Waals surface area contributed by atoms with Crippen LogP contribution in [0.2, 0.25) is 5.02 Å². The van der Waals surface area contributed by atoms with Crippen molar-refractivity contribution in [2.24, 2.45) is 11.7 Å². The molecular weight excluding hydrogens is 330 g/mol. The van der Waals surface area contributed by atoms with Crippen molar-refractivity contribution in [2.75, 3.05) is 13.1 Å². The maximum atomic E-state index is 12.9. The summed E-state index contributed by atoms with van der Waals surface area (Å²) in [4.78, 5) is 10.1. The van der Waals surface area contributed by atoms with Crippen LogP contribution in [-0.4, -0.2) is 36.8 Å². The average molecular weight is 348 g/mol. The Morgan fingerprint density at radius 1 is 1.50 bits per heavy atom. The molecule has 0 radical (unpaired) electrons. The summed E-state index contributed by atoms with van der Waals surface area (Å²) in [6, 6.07) is 3.22. The normalized spacial score (nSPS) is 23.4. The molecule has 7 nitrogen and oxygen atoms in total. The summed E-state index contributed by atoms with van der Waals surface area (Å²) in [5, 5.41) is 11.3. The summed E-state index contributed by atoms with van der Waals surface area (Å²) in [6.45, 7) is 2.44. The molecule has 0 aromatic heterocycles. The Bertz CT molecular complexity index is 680. The highest BCUT2D eigenvalue weighted by Gasteiger charge is 2.39. The van der Waals surface area contributed by atoms with Crippen LogP contribution in [0.25, 0.3) is 0 Å². The molecule has 0 bridgehead atoms. The zero-order valence-corrected chi connectivity index (χ0v) is 13.7. The van der Waals surface area contributed by atoms with Crippen LogP contribution in [0.5, 0.6) is 0 Å². The minimum Gasteiger partial charge on any atom is -0.329 e. The van der Waals surface area contributed by atoms with E-state index in [1.165, 1.54) is 16.4 Å². The Labute approximate surface area is 134 Å². The van der Waals surface area contributed by atoms with Crippen LogP contribution in [0.4, 0.5) is 5.69 Å². The summed E-state index contributed by atoms with van der Waals surface area (Å²) >= 11 is 5.74. The molecule has 2 N–H and O–H groups in total. The van der Waals surface area contributed by atoms with E-state index in [9.17, 15) is 18.5 Å². The molecule has 1 heterocycles. The Morgan fingerprint density at radius 2 is 2.18 bits per heavy atom. The van der Waals surface area contributed by atoms with Gasteiger partial charge in [-0.3, -0.25) is 10.1 Å². The maximum absolute atomic E-state index is 12.9. The van der Waals surface area contributed by atoms with E-state index in [1.807, 2.05) is 6.92 Å². The molecule has 1 aliphatic rings. The second-order valence-corrected chi connectivity index (χ2v) is 7.70. The van der Waals surface area contributed by atoms with Crippen molar-refractivity contribution in [1.29, 1.82) is 0 Å². The van der Waals surface area contributed by atoms with Crippen LogP contribution in [0.3, 0.4) is 0 Å². The summed E-state index contributed by atoms with van der Waals surface area (Å²) < 4.78 is 27.0. The van der Waals surface area contributed by atoms with Crippen LogP contribution in [0.15, 0.2) is 23.1 Å². The van der Waals surface area contributed by atoms with E-state index in [-0.39, 0.29) is 28.4 Å². The van der Waals surface area contributed by atoms with Gasteiger partial charge in [0.2, 0.25) is 10.0 Å². The average Bonchev–Trinajstić information content (AvgIpc) is 2.46. The molecule has 1 aromatic rings. The summed E-state index contributed by atoms with van der Waals surface area (Å²) in [6.07, 6.45) is 1.59. The lowest BCUT2D eigenvalue weighted by molar-refractivity contribution is -0.387. The lowest BCUT2D eigenvalue weighted by Gasteiger charge is -2.38. The van der Waals surface area contributed by atoms with E-state index < -0.39 is 20.6 Å². The fourth-order valence-corrected chi connectivity index (χ4v) is 4.91. The second kappa shape index (κ2) is 6.49. The van der Waals surface area contributed by atoms with Gasteiger partial charge in [0.05, 0.1) is 4.92 Å². The summed E-state index contributed by atoms with van der Waals surface area (Å²) in [5.41, 5.74) is 5.21. The predicted molar refractivity (Wildman–Crippen MR) is 83.2 cm³/mol. The van der Waals surface area contributed by atoms with Gasteiger partial charge in [-0.05, 0) is 30.9 Å².